The zero-order chi connectivity index (χ0) is 17.1. The average Bonchev–Trinajstić information content (AvgIpc) is 2.51. The summed E-state index contributed by atoms with van der Waals surface area (Å²) in [5, 5.41) is 6.32. The van der Waals surface area contributed by atoms with Gasteiger partial charge in [-0.2, -0.15) is 13.2 Å². The Balaban J connectivity index is 2.19. The molecule has 1 unspecified atom stereocenters. The van der Waals surface area contributed by atoms with Crippen LogP contribution in [0, 0.1) is 0 Å². The van der Waals surface area contributed by atoms with Gasteiger partial charge in [-0.25, -0.2) is 0 Å². The fourth-order valence-corrected chi connectivity index (χ4v) is 2.19. The standard InChI is InChI=1S/C17H26F3N3/c1-14(10-11-15-8-4-3-5-9-15)23-16(21-2)22-13-7-6-12-17(18,19)20/h3-5,8-9,14H,6-7,10-13H2,1-2H3,(H2,21,22,23). The topological polar surface area (TPSA) is 36.4 Å². The van der Waals surface area contributed by atoms with Crippen molar-refractivity contribution < 1.29 is 13.2 Å². The van der Waals surface area contributed by atoms with Crippen molar-refractivity contribution in [2.24, 2.45) is 4.99 Å². The zero-order valence-corrected chi connectivity index (χ0v) is 13.8. The molecule has 130 valence electrons. The van der Waals surface area contributed by atoms with E-state index in [0.29, 0.717) is 18.9 Å². The van der Waals surface area contributed by atoms with E-state index in [1.54, 1.807) is 7.05 Å². The number of nitrogens with zero attached hydrogens (tertiary/aromatic N) is 1. The molecule has 6 heteroatoms. The minimum absolute atomic E-state index is 0.136. The maximum atomic E-state index is 12.0. The van der Waals surface area contributed by atoms with Crippen LogP contribution in [0.3, 0.4) is 0 Å². The first-order chi connectivity index (χ1) is 10.9. The molecule has 3 nitrogen and oxygen atoms in total. The van der Waals surface area contributed by atoms with Crippen LogP contribution in [0.4, 0.5) is 13.2 Å². The Hall–Kier alpha value is -1.72. The molecular formula is C17H26F3N3. The first-order valence-corrected chi connectivity index (χ1v) is 7.98. The zero-order valence-electron chi connectivity index (χ0n) is 13.8. The number of nitrogens with one attached hydrogen (secondary N) is 2. The van der Waals surface area contributed by atoms with Crippen molar-refractivity contribution in [1.29, 1.82) is 0 Å². The number of aliphatic imine (C=N–C) groups is 1. The Labute approximate surface area is 136 Å². The molecule has 23 heavy (non-hydrogen) atoms. The van der Waals surface area contributed by atoms with Crippen LogP contribution in [-0.2, 0) is 6.42 Å². The van der Waals surface area contributed by atoms with Crippen LogP contribution in [0.5, 0.6) is 0 Å². The van der Waals surface area contributed by atoms with Crippen LogP contribution in [0.25, 0.3) is 0 Å². The number of guanidine groups is 1. The monoisotopic (exact) mass is 329 g/mol. The van der Waals surface area contributed by atoms with Gasteiger partial charge in [-0.05, 0) is 38.2 Å². The van der Waals surface area contributed by atoms with E-state index in [4.69, 9.17) is 0 Å². The van der Waals surface area contributed by atoms with E-state index in [9.17, 15) is 13.2 Å². The molecule has 0 amide bonds. The van der Waals surface area contributed by atoms with Gasteiger partial charge in [0.05, 0.1) is 0 Å². The van der Waals surface area contributed by atoms with E-state index in [-0.39, 0.29) is 12.5 Å². The Morgan fingerprint density at radius 2 is 1.87 bits per heavy atom. The number of hydrogen-bond donors (Lipinski definition) is 2. The highest BCUT2D eigenvalue weighted by Gasteiger charge is 2.25. The number of unbranched alkanes of at least 4 members (excludes halogenated alkanes) is 1. The summed E-state index contributed by atoms with van der Waals surface area (Å²) in [6.07, 6.45) is -2.26. The van der Waals surface area contributed by atoms with Crippen LogP contribution in [-0.4, -0.2) is 31.8 Å². The molecule has 0 saturated carbocycles. The van der Waals surface area contributed by atoms with Gasteiger partial charge in [0.25, 0.3) is 0 Å². The molecule has 1 atom stereocenters. The van der Waals surface area contributed by atoms with E-state index in [0.717, 1.165) is 12.8 Å². The summed E-state index contributed by atoms with van der Waals surface area (Å²) in [5.74, 6) is 0.637. The quantitative estimate of drug-likeness (QED) is 0.431. The molecule has 0 aliphatic carbocycles. The summed E-state index contributed by atoms with van der Waals surface area (Å²) in [5.41, 5.74) is 1.29. The van der Waals surface area contributed by atoms with Crippen molar-refractivity contribution in [1.82, 2.24) is 10.6 Å². The third-order valence-corrected chi connectivity index (χ3v) is 3.50. The van der Waals surface area contributed by atoms with Crippen molar-refractivity contribution in [3.63, 3.8) is 0 Å². The molecule has 0 heterocycles. The van der Waals surface area contributed by atoms with E-state index < -0.39 is 12.6 Å². The second kappa shape index (κ2) is 10.1. The highest BCUT2D eigenvalue weighted by atomic mass is 19.4. The normalized spacial score (nSPS) is 13.7. The third-order valence-electron chi connectivity index (χ3n) is 3.50. The Bertz CT molecular complexity index is 458. The maximum Gasteiger partial charge on any atom is 0.389 e. The second-order valence-electron chi connectivity index (χ2n) is 5.64. The summed E-state index contributed by atoms with van der Waals surface area (Å²) in [6.45, 7) is 2.56. The molecule has 0 fully saturated rings. The van der Waals surface area contributed by atoms with Crippen molar-refractivity contribution in [3.8, 4) is 0 Å². The van der Waals surface area contributed by atoms with Crippen LogP contribution >= 0.6 is 0 Å². The first-order valence-electron chi connectivity index (χ1n) is 7.98. The third kappa shape index (κ3) is 9.81. The number of benzene rings is 1. The largest absolute Gasteiger partial charge is 0.389 e. The van der Waals surface area contributed by atoms with Gasteiger partial charge in [0.15, 0.2) is 5.96 Å². The number of rotatable bonds is 8. The fraction of sp³-hybridized carbons (Fsp3) is 0.588. The fourth-order valence-electron chi connectivity index (χ4n) is 2.19. The molecule has 1 aromatic rings. The lowest BCUT2D eigenvalue weighted by Crippen LogP contribution is -2.42. The lowest BCUT2D eigenvalue weighted by atomic mass is 10.1. The predicted molar refractivity (Wildman–Crippen MR) is 88.6 cm³/mol. The molecule has 0 saturated heterocycles. The van der Waals surface area contributed by atoms with Gasteiger partial charge < -0.3 is 10.6 Å². The van der Waals surface area contributed by atoms with Crippen molar-refractivity contribution in [3.05, 3.63) is 35.9 Å². The van der Waals surface area contributed by atoms with E-state index in [1.165, 1.54) is 5.56 Å². The lowest BCUT2D eigenvalue weighted by molar-refractivity contribution is -0.135. The van der Waals surface area contributed by atoms with Crippen LogP contribution in [0.2, 0.25) is 0 Å². The van der Waals surface area contributed by atoms with E-state index >= 15 is 0 Å². The van der Waals surface area contributed by atoms with Crippen molar-refractivity contribution in [2.75, 3.05) is 13.6 Å². The lowest BCUT2D eigenvalue weighted by Gasteiger charge is -2.18. The number of halogens is 3. The molecule has 0 bridgehead atoms. The van der Waals surface area contributed by atoms with Gasteiger partial charge in [0.2, 0.25) is 0 Å². The SMILES string of the molecule is CN=C(NCCCCC(F)(F)F)NC(C)CCc1ccccc1. The molecular weight excluding hydrogens is 303 g/mol. The van der Waals surface area contributed by atoms with Gasteiger partial charge in [0.1, 0.15) is 0 Å². The molecule has 0 spiro atoms. The Morgan fingerprint density at radius 3 is 2.48 bits per heavy atom. The van der Waals surface area contributed by atoms with Gasteiger partial charge >= 0.3 is 6.18 Å². The average molecular weight is 329 g/mol. The number of alkyl halides is 3. The van der Waals surface area contributed by atoms with Gasteiger partial charge in [-0.3, -0.25) is 4.99 Å². The van der Waals surface area contributed by atoms with Crippen molar-refractivity contribution in [2.45, 2.75) is 51.2 Å². The molecule has 0 aliphatic rings. The van der Waals surface area contributed by atoms with E-state index in [2.05, 4.69) is 34.7 Å². The highest BCUT2D eigenvalue weighted by molar-refractivity contribution is 5.79. The molecule has 2 N–H and O–H groups in total. The first kappa shape index (κ1) is 19.3. The smallest absolute Gasteiger partial charge is 0.356 e. The predicted octanol–water partition coefficient (Wildman–Crippen LogP) is 3.91. The highest BCUT2D eigenvalue weighted by Crippen LogP contribution is 2.21. The minimum atomic E-state index is -4.06. The molecule has 0 aliphatic heterocycles. The van der Waals surface area contributed by atoms with E-state index in [1.807, 2.05) is 18.2 Å². The van der Waals surface area contributed by atoms with Crippen LogP contribution < -0.4 is 10.6 Å². The summed E-state index contributed by atoms with van der Waals surface area (Å²) in [6, 6.07) is 10.5. The van der Waals surface area contributed by atoms with Crippen LogP contribution in [0.15, 0.2) is 35.3 Å². The number of hydrogen-bond acceptors (Lipinski definition) is 1. The summed E-state index contributed by atoms with van der Waals surface area (Å²) in [4.78, 5) is 4.10. The molecule has 1 rings (SSSR count). The summed E-state index contributed by atoms with van der Waals surface area (Å²) in [7, 11) is 1.66. The second-order valence-corrected chi connectivity index (χ2v) is 5.64. The van der Waals surface area contributed by atoms with Gasteiger partial charge in [-0.1, -0.05) is 30.3 Å². The summed E-state index contributed by atoms with van der Waals surface area (Å²) < 4.78 is 36.1. The molecule has 0 radical (unpaired) electrons. The maximum absolute atomic E-state index is 12.0. The number of aryl methyl sites for hydroxylation is 1. The minimum Gasteiger partial charge on any atom is -0.356 e. The van der Waals surface area contributed by atoms with Gasteiger partial charge in [0, 0.05) is 26.1 Å². The Morgan fingerprint density at radius 1 is 1.17 bits per heavy atom. The van der Waals surface area contributed by atoms with Crippen LogP contribution in [0.1, 0.15) is 38.2 Å². The van der Waals surface area contributed by atoms with Crippen molar-refractivity contribution >= 4 is 5.96 Å². The van der Waals surface area contributed by atoms with Gasteiger partial charge in [-0.15, -0.1) is 0 Å². The summed E-state index contributed by atoms with van der Waals surface area (Å²) >= 11 is 0. The molecule has 1 aromatic carbocycles. The Kier molecular flexibility index (Phi) is 8.51. The molecule has 0 aromatic heterocycles.